The van der Waals surface area contributed by atoms with Crippen molar-refractivity contribution < 1.29 is 18.3 Å². The van der Waals surface area contributed by atoms with Gasteiger partial charge in [-0.05, 0) is 19.1 Å². The zero-order chi connectivity index (χ0) is 14.8. The van der Waals surface area contributed by atoms with Gasteiger partial charge in [0.25, 0.3) is 0 Å². The lowest BCUT2D eigenvalue weighted by molar-refractivity contribution is -0.0235. The van der Waals surface area contributed by atoms with E-state index in [2.05, 4.69) is 6.58 Å². The van der Waals surface area contributed by atoms with Crippen LogP contribution in [0.25, 0.3) is 0 Å². The summed E-state index contributed by atoms with van der Waals surface area (Å²) in [5.74, 6) is 0. The smallest absolute Gasteiger partial charge is 0.243 e. The number of hydrogen-bond acceptors (Lipinski definition) is 4. The molecule has 1 heterocycles. The molecule has 5 nitrogen and oxygen atoms in total. The van der Waals surface area contributed by atoms with Crippen molar-refractivity contribution in [3.05, 3.63) is 42.5 Å². The van der Waals surface area contributed by atoms with Crippen LogP contribution in [0.5, 0.6) is 0 Å². The third-order valence-electron chi connectivity index (χ3n) is 3.37. The van der Waals surface area contributed by atoms with E-state index in [9.17, 15) is 13.5 Å². The van der Waals surface area contributed by atoms with E-state index in [4.69, 9.17) is 4.74 Å². The molecule has 1 N–H and O–H groups in total. The van der Waals surface area contributed by atoms with E-state index in [-0.39, 0.29) is 30.8 Å². The molecule has 0 radical (unpaired) electrons. The van der Waals surface area contributed by atoms with Gasteiger partial charge in [-0.15, -0.1) is 6.58 Å². The Morgan fingerprint density at radius 1 is 1.45 bits per heavy atom. The second-order valence-electron chi connectivity index (χ2n) is 4.83. The zero-order valence-corrected chi connectivity index (χ0v) is 12.2. The van der Waals surface area contributed by atoms with Crippen molar-refractivity contribution in [2.45, 2.75) is 24.0 Å². The molecule has 1 aromatic carbocycles. The summed E-state index contributed by atoms with van der Waals surface area (Å²) in [6.07, 6.45) is 1.23. The molecular formula is C14H19NO4S. The Hall–Kier alpha value is -1.21. The Kier molecular flexibility index (Phi) is 4.59. The van der Waals surface area contributed by atoms with Gasteiger partial charge >= 0.3 is 0 Å². The van der Waals surface area contributed by atoms with Crippen LogP contribution in [-0.2, 0) is 14.8 Å². The summed E-state index contributed by atoms with van der Waals surface area (Å²) in [4.78, 5) is 0.228. The molecule has 6 heteroatoms. The Morgan fingerprint density at radius 3 is 2.65 bits per heavy atom. The van der Waals surface area contributed by atoms with Crippen molar-refractivity contribution in [3.8, 4) is 0 Å². The summed E-state index contributed by atoms with van der Waals surface area (Å²) in [5, 5.41) is 9.36. The lowest BCUT2D eigenvalue weighted by Gasteiger charge is -2.36. The lowest BCUT2D eigenvalue weighted by Crippen LogP contribution is -2.53. The summed E-state index contributed by atoms with van der Waals surface area (Å²) >= 11 is 0. The van der Waals surface area contributed by atoms with Gasteiger partial charge in [-0.25, -0.2) is 8.42 Å². The van der Waals surface area contributed by atoms with Crippen LogP contribution in [0.4, 0.5) is 0 Å². The van der Waals surface area contributed by atoms with Gasteiger partial charge in [0.2, 0.25) is 10.0 Å². The van der Waals surface area contributed by atoms with E-state index < -0.39 is 16.1 Å². The largest absolute Gasteiger partial charge is 0.395 e. The summed E-state index contributed by atoms with van der Waals surface area (Å²) < 4.78 is 32.0. The molecular weight excluding hydrogens is 278 g/mol. The highest BCUT2D eigenvalue weighted by atomic mass is 32.2. The molecule has 1 aliphatic rings. The number of hydrogen-bond donors (Lipinski definition) is 1. The third kappa shape index (κ3) is 2.93. The molecule has 1 saturated heterocycles. The average molecular weight is 297 g/mol. The molecule has 0 saturated carbocycles. The fourth-order valence-corrected chi connectivity index (χ4v) is 3.74. The number of aliphatic hydroxyl groups is 1. The van der Waals surface area contributed by atoms with Crippen molar-refractivity contribution in [2.75, 3.05) is 19.8 Å². The highest BCUT2D eigenvalue weighted by Gasteiger charge is 2.36. The Labute approximate surface area is 119 Å². The predicted molar refractivity (Wildman–Crippen MR) is 75.9 cm³/mol. The van der Waals surface area contributed by atoms with Gasteiger partial charge < -0.3 is 9.84 Å². The number of morpholine rings is 1. The van der Waals surface area contributed by atoms with Crippen molar-refractivity contribution in [3.63, 3.8) is 0 Å². The molecule has 0 aliphatic carbocycles. The minimum absolute atomic E-state index is 0.165. The maximum absolute atomic E-state index is 12.7. The number of aliphatic hydroxyl groups excluding tert-OH is 1. The van der Waals surface area contributed by atoms with Crippen molar-refractivity contribution in [2.24, 2.45) is 0 Å². The molecule has 0 unspecified atom stereocenters. The fourth-order valence-electron chi connectivity index (χ4n) is 2.12. The van der Waals surface area contributed by atoms with Crippen LogP contribution in [0.3, 0.4) is 0 Å². The van der Waals surface area contributed by atoms with Crippen molar-refractivity contribution in [1.82, 2.24) is 4.31 Å². The highest BCUT2D eigenvalue weighted by molar-refractivity contribution is 7.89. The van der Waals surface area contributed by atoms with Crippen LogP contribution in [0.15, 0.2) is 41.8 Å². The van der Waals surface area contributed by atoms with Crippen molar-refractivity contribution >= 4 is 10.0 Å². The van der Waals surface area contributed by atoms with Gasteiger partial charge in [0.05, 0.1) is 30.3 Å². The molecule has 0 aromatic heterocycles. The second kappa shape index (κ2) is 6.05. The topological polar surface area (TPSA) is 66.8 Å². The number of nitrogens with zero attached hydrogens (tertiary/aromatic N) is 1. The number of ether oxygens (including phenoxy) is 1. The average Bonchev–Trinajstić information content (AvgIpc) is 2.47. The number of rotatable bonds is 4. The summed E-state index contributed by atoms with van der Waals surface area (Å²) in [6.45, 7) is 5.59. The Balaban J connectivity index is 2.34. The Morgan fingerprint density at radius 2 is 2.10 bits per heavy atom. The van der Waals surface area contributed by atoms with E-state index in [0.717, 1.165) is 5.56 Å². The molecule has 1 aromatic rings. The molecule has 20 heavy (non-hydrogen) atoms. The van der Waals surface area contributed by atoms with Crippen LogP contribution in [0.1, 0.15) is 5.56 Å². The molecule has 1 fully saturated rings. The van der Waals surface area contributed by atoms with E-state index in [0.29, 0.717) is 0 Å². The van der Waals surface area contributed by atoms with Gasteiger partial charge in [-0.1, -0.05) is 23.8 Å². The second-order valence-corrected chi connectivity index (χ2v) is 6.72. The van der Waals surface area contributed by atoms with Crippen LogP contribution in [0, 0.1) is 6.92 Å². The molecule has 0 spiro atoms. The molecule has 2 rings (SSSR count). The number of sulfonamides is 1. The van der Waals surface area contributed by atoms with E-state index in [1.807, 2.05) is 6.92 Å². The first kappa shape index (κ1) is 15.2. The maximum Gasteiger partial charge on any atom is 0.243 e. The van der Waals surface area contributed by atoms with E-state index in [1.54, 1.807) is 30.3 Å². The van der Waals surface area contributed by atoms with Gasteiger partial charge in [0, 0.05) is 6.54 Å². The quantitative estimate of drug-likeness (QED) is 0.840. The first-order chi connectivity index (χ1) is 9.48. The standard InChI is InChI=1S/C14H19NO4S/c1-3-13-8-15(12(9-16)10-19-13)20(17,18)14-6-4-11(2)5-7-14/h3-7,12-13,16H,1,8-10H2,2H3/t12-,13+/m0/s1. The summed E-state index contributed by atoms with van der Waals surface area (Å²) in [5.41, 5.74) is 0.994. The van der Waals surface area contributed by atoms with Gasteiger partial charge in [0.1, 0.15) is 0 Å². The molecule has 110 valence electrons. The Bertz CT molecular complexity index is 567. The van der Waals surface area contributed by atoms with Crippen molar-refractivity contribution in [1.29, 1.82) is 0 Å². The molecule has 2 atom stereocenters. The minimum Gasteiger partial charge on any atom is -0.395 e. The van der Waals surface area contributed by atoms with Crippen LogP contribution in [-0.4, -0.2) is 49.7 Å². The summed E-state index contributed by atoms with van der Waals surface area (Å²) in [6, 6.07) is 6.12. The first-order valence-electron chi connectivity index (χ1n) is 6.42. The van der Waals surface area contributed by atoms with E-state index >= 15 is 0 Å². The summed E-state index contributed by atoms with van der Waals surface area (Å²) in [7, 11) is -3.64. The normalized spacial score (nSPS) is 24.5. The van der Waals surface area contributed by atoms with E-state index in [1.165, 1.54) is 4.31 Å². The number of benzene rings is 1. The van der Waals surface area contributed by atoms with Crippen LogP contribution in [0.2, 0.25) is 0 Å². The SMILES string of the molecule is C=C[C@@H]1CN(S(=O)(=O)c2ccc(C)cc2)[C@@H](CO)CO1. The van der Waals surface area contributed by atoms with Gasteiger partial charge in [-0.3, -0.25) is 0 Å². The first-order valence-corrected chi connectivity index (χ1v) is 7.86. The fraction of sp³-hybridized carbons (Fsp3) is 0.429. The predicted octanol–water partition coefficient (Wildman–Crippen LogP) is 0.931. The number of aryl methyl sites for hydroxylation is 1. The highest BCUT2D eigenvalue weighted by Crippen LogP contribution is 2.23. The zero-order valence-electron chi connectivity index (χ0n) is 11.4. The van der Waals surface area contributed by atoms with Gasteiger partial charge in [-0.2, -0.15) is 4.31 Å². The molecule has 0 amide bonds. The lowest BCUT2D eigenvalue weighted by atomic mass is 10.2. The third-order valence-corrected chi connectivity index (χ3v) is 5.30. The molecule has 0 bridgehead atoms. The minimum atomic E-state index is -3.64. The van der Waals surface area contributed by atoms with Crippen LogP contribution >= 0.6 is 0 Å². The molecule has 1 aliphatic heterocycles. The van der Waals surface area contributed by atoms with Crippen LogP contribution < -0.4 is 0 Å². The maximum atomic E-state index is 12.7. The van der Waals surface area contributed by atoms with Gasteiger partial charge in [0.15, 0.2) is 0 Å². The monoisotopic (exact) mass is 297 g/mol.